The fraction of sp³-hybridized carbons (Fsp3) is 0.0476. The van der Waals surface area contributed by atoms with Crippen LogP contribution in [-0.4, -0.2) is 46.7 Å². The van der Waals surface area contributed by atoms with Crippen molar-refractivity contribution in [2.24, 2.45) is 0 Å². The molecule has 19 aromatic carbocycles. The van der Waals surface area contributed by atoms with Crippen LogP contribution in [0.15, 0.2) is 449 Å². The Morgan fingerprint density at radius 2 is 0.449 bits per heavy atom. The van der Waals surface area contributed by atoms with Crippen LogP contribution in [0.5, 0.6) is 23.0 Å². The molecule has 0 unspecified atom stereocenters. The van der Waals surface area contributed by atoms with Crippen molar-refractivity contribution in [3.05, 3.63) is 483 Å². The second-order valence-electron chi connectivity index (χ2n) is 35.3. The van der Waals surface area contributed by atoms with Crippen molar-refractivity contribution in [1.82, 2.24) is 18.3 Å². The standard InChI is InChI=1S/C126H92N8O4/c1-7-27-106-110-70-54-94(78-122(110)131(118(106)8-2)82-28-13-9-14-29-82)127(86-42-58-98(135-3)59-43-86)90-50-66-102-103-67-51-91(128(87-44-60-99(136-4)61-45-87)95-55-71-111-107-36-21-24-39-119(107)132(123(111)79-95)83-30-15-10-16-31-83)75-115(103)126(114(102)74-90)116-76-92(129(88-46-62-100(137-5)63-47-88)96-56-72-112-108-37-22-25-40-120(108)133(124(112)80-96)84-32-17-11-18-33-84)52-68-104(116)105-69-53-93(77-117(105)126)130(89-48-64-101(138-6)65-49-89)97-57-73-113-109-38-23-26-41-121(109)134(125(113)81-97)85-34-19-12-20-35-85/h7-81H,2H2,1,3-6H3/b27-7-. The number of ether oxygens (including phenoxy) is 4. The van der Waals surface area contributed by atoms with Crippen LogP contribution in [0, 0.1) is 0 Å². The van der Waals surface area contributed by atoms with Crippen LogP contribution in [0.3, 0.4) is 0 Å². The third-order valence-electron chi connectivity index (χ3n) is 28.2. The van der Waals surface area contributed by atoms with Gasteiger partial charge in [0.1, 0.15) is 23.0 Å². The van der Waals surface area contributed by atoms with Crippen LogP contribution in [0.4, 0.5) is 68.2 Å². The first-order valence-corrected chi connectivity index (χ1v) is 46.8. The third-order valence-corrected chi connectivity index (χ3v) is 28.2. The third kappa shape index (κ3) is 13.0. The number of aromatic nitrogens is 4. The lowest BCUT2D eigenvalue weighted by atomic mass is 9.70. The van der Waals surface area contributed by atoms with Gasteiger partial charge in [0.2, 0.25) is 0 Å². The Labute approximate surface area is 799 Å². The van der Waals surface area contributed by atoms with E-state index in [9.17, 15) is 0 Å². The molecule has 0 N–H and O–H groups in total. The molecule has 138 heavy (non-hydrogen) atoms. The van der Waals surface area contributed by atoms with Gasteiger partial charge in [-0.3, -0.25) is 0 Å². The van der Waals surface area contributed by atoms with E-state index in [0.717, 1.165) is 230 Å². The highest BCUT2D eigenvalue weighted by atomic mass is 16.5. The molecule has 0 radical (unpaired) electrons. The van der Waals surface area contributed by atoms with E-state index < -0.39 is 5.41 Å². The number of hydrogen-bond donors (Lipinski definition) is 0. The van der Waals surface area contributed by atoms with Gasteiger partial charge in [-0.2, -0.15) is 0 Å². The maximum atomic E-state index is 6.04. The monoisotopic (exact) mass is 1780 g/mol. The summed E-state index contributed by atoms with van der Waals surface area (Å²) in [6.07, 6.45) is 6.31. The minimum atomic E-state index is -1.18. The second-order valence-corrected chi connectivity index (χ2v) is 35.3. The molecular formula is C126H92N8O4. The van der Waals surface area contributed by atoms with E-state index in [-0.39, 0.29) is 0 Å². The van der Waals surface area contributed by atoms with Crippen molar-refractivity contribution in [2.75, 3.05) is 48.0 Å². The van der Waals surface area contributed by atoms with E-state index >= 15 is 0 Å². The number of para-hydroxylation sites is 7. The SMILES string of the molecule is C=Cc1c(/C=C\C)c2ccc(N(c3ccc(OC)cc3)c3ccc4c(c3)C3(c5cc(N(c6ccc(OC)cc6)c6ccc7c8ccccc8n(-c8ccccc8)c7c6)ccc5-4)c4cc(N(c5ccc(OC)cc5)c5ccc6c7ccccc7n(-c7ccccc7)c6c5)ccc4-c4ccc(N(c5ccc(OC)cc5)c5ccc6c7ccccc7n(-c7ccccc7)c6c5)cc43)cc2n1-c1ccccc1. The number of rotatable bonds is 22. The lowest BCUT2D eigenvalue weighted by Gasteiger charge is -2.35. The first kappa shape index (κ1) is 82.0. The number of fused-ring (bicyclic) bond motifs is 20. The van der Waals surface area contributed by atoms with E-state index in [2.05, 4.69) is 500 Å². The number of anilines is 12. The molecule has 0 aliphatic heterocycles. The molecule has 12 heteroatoms. The predicted octanol–water partition coefficient (Wildman–Crippen LogP) is 32.9. The zero-order valence-corrected chi connectivity index (χ0v) is 76.7. The van der Waals surface area contributed by atoms with E-state index in [1.165, 1.54) is 16.2 Å². The van der Waals surface area contributed by atoms with E-state index in [1.54, 1.807) is 28.4 Å². The summed E-state index contributed by atoms with van der Waals surface area (Å²) in [5.41, 5.74) is 32.9. The van der Waals surface area contributed by atoms with Crippen LogP contribution in [-0.2, 0) is 5.41 Å². The molecule has 0 bridgehead atoms. The van der Waals surface area contributed by atoms with Crippen LogP contribution in [0.2, 0.25) is 0 Å². The Kier molecular flexibility index (Phi) is 19.8. The highest BCUT2D eigenvalue weighted by molar-refractivity contribution is 6.14. The fourth-order valence-electron chi connectivity index (χ4n) is 22.2. The van der Waals surface area contributed by atoms with Gasteiger partial charge in [0.05, 0.1) is 78.2 Å². The topological polar surface area (TPSA) is 69.6 Å². The van der Waals surface area contributed by atoms with Crippen molar-refractivity contribution < 1.29 is 18.9 Å². The molecule has 0 amide bonds. The Balaban J connectivity index is 0.800. The largest absolute Gasteiger partial charge is 0.497 e. The molecule has 660 valence electrons. The number of hydrogen-bond acceptors (Lipinski definition) is 8. The highest BCUT2D eigenvalue weighted by Crippen LogP contribution is 2.66. The van der Waals surface area contributed by atoms with Gasteiger partial charge < -0.3 is 56.8 Å². The van der Waals surface area contributed by atoms with E-state index in [4.69, 9.17) is 18.9 Å². The minimum absolute atomic E-state index is 0.746. The summed E-state index contributed by atoms with van der Waals surface area (Å²) in [4.78, 5) is 9.75. The van der Waals surface area contributed by atoms with Crippen molar-refractivity contribution in [1.29, 1.82) is 0 Å². The number of allylic oxidation sites excluding steroid dienone is 1. The van der Waals surface area contributed by atoms with Gasteiger partial charge in [-0.15, -0.1) is 0 Å². The summed E-state index contributed by atoms with van der Waals surface area (Å²) in [5.74, 6) is 3.00. The molecule has 2 aliphatic rings. The Morgan fingerprint density at radius 3 is 0.717 bits per heavy atom. The van der Waals surface area contributed by atoms with Gasteiger partial charge in [0.15, 0.2) is 0 Å². The molecule has 1 spiro atoms. The zero-order chi connectivity index (χ0) is 92.4. The second kappa shape index (κ2) is 33.3. The van der Waals surface area contributed by atoms with Crippen molar-refractivity contribution >= 4 is 157 Å². The highest BCUT2D eigenvalue weighted by Gasteiger charge is 2.53. The van der Waals surface area contributed by atoms with Crippen LogP contribution < -0.4 is 38.5 Å². The van der Waals surface area contributed by atoms with Gasteiger partial charge in [0, 0.05) is 134 Å². The van der Waals surface area contributed by atoms with Crippen molar-refractivity contribution in [3.63, 3.8) is 0 Å². The molecule has 0 saturated carbocycles. The van der Waals surface area contributed by atoms with Gasteiger partial charge in [-0.05, 0) is 318 Å². The fourth-order valence-corrected chi connectivity index (χ4v) is 22.2. The van der Waals surface area contributed by atoms with E-state index in [0.29, 0.717) is 0 Å². The normalized spacial score (nSPS) is 12.3. The summed E-state index contributed by atoms with van der Waals surface area (Å²) in [7, 11) is 6.94. The average Bonchev–Trinajstić information content (AvgIpc) is 1.50. The number of benzene rings is 19. The molecular weight excluding hydrogens is 1690 g/mol. The molecule has 23 aromatic rings. The summed E-state index contributed by atoms with van der Waals surface area (Å²) in [6.45, 7) is 6.57. The first-order chi connectivity index (χ1) is 68.2. The first-order valence-electron chi connectivity index (χ1n) is 46.8. The Morgan fingerprint density at radius 1 is 0.225 bits per heavy atom. The van der Waals surface area contributed by atoms with Gasteiger partial charge in [0.25, 0.3) is 0 Å². The van der Waals surface area contributed by atoms with Crippen LogP contribution in [0.1, 0.15) is 40.4 Å². The maximum Gasteiger partial charge on any atom is 0.119 e. The van der Waals surface area contributed by atoms with E-state index in [1.807, 2.05) is 6.08 Å². The lowest BCUT2D eigenvalue weighted by Crippen LogP contribution is -2.27. The smallest absolute Gasteiger partial charge is 0.119 e. The summed E-state index contributed by atoms with van der Waals surface area (Å²) in [6, 6.07) is 160. The molecule has 0 atom stereocenters. The predicted molar refractivity (Wildman–Crippen MR) is 572 cm³/mol. The molecule has 0 saturated heterocycles. The van der Waals surface area contributed by atoms with Crippen molar-refractivity contribution in [3.8, 4) is 68.0 Å². The van der Waals surface area contributed by atoms with Crippen molar-refractivity contribution in [2.45, 2.75) is 12.3 Å². The lowest BCUT2D eigenvalue weighted by molar-refractivity contribution is 0.414. The zero-order valence-electron chi connectivity index (χ0n) is 76.7. The van der Waals surface area contributed by atoms with Gasteiger partial charge in [-0.1, -0.05) is 195 Å². The molecule has 2 aliphatic carbocycles. The van der Waals surface area contributed by atoms with Gasteiger partial charge >= 0.3 is 0 Å². The number of methoxy groups -OCH3 is 4. The quantitative estimate of drug-likeness (QED) is 0.0665. The molecule has 4 heterocycles. The van der Waals surface area contributed by atoms with Crippen LogP contribution in [0.25, 0.3) is 133 Å². The molecule has 12 nitrogen and oxygen atoms in total. The molecule has 4 aromatic heterocycles. The maximum absolute atomic E-state index is 6.04. The Bertz CT molecular complexity index is 8220. The number of nitrogens with zero attached hydrogens (tertiary/aromatic N) is 8. The minimum Gasteiger partial charge on any atom is -0.497 e. The summed E-state index contributed by atoms with van der Waals surface area (Å²) >= 11 is 0. The van der Waals surface area contributed by atoms with Crippen LogP contribution >= 0.6 is 0 Å². The molecule has 25 rings (SSSR count). The Hall–Kier alpha value is -18.0. The van der Waals surface area contributed by atoms with Gasteiger partial charge in [-0.25, -0.2) is 0 Å². The average molecular weight is 1780 g/mol. The summed E-state index contributed by atoms with van der Waals surface area (Å²) < 4.78 is 33.7. The molecule has 0 fully saturated rings. The summed E-state index contributed by atoms with van der Waals surface area (Å²) in [5, 5.41) is 8.06.